The zero-order chi connectivity index (χ0) is 15.7. The van der Waals surface area contributed by atoms with Crippen molar-refractivity contribution in [3.63, 3.8) is 0 Å². The number of carbonyl (C=O) groups excluding carboxylic acids is 1. The fraction of sp³-hybridized carbons (Fsp3) is 0.429. The van der Waals surface area contributed by atoms with Gasteiger partial charge in [0.05, 0.1) is 6.54 Å². The van der Waals surface area contributed by atoms with Crippen molar-refractivity contribution in [3.8, 4) is 0 Å². The van der Waals surface area contributed by atoms with Gasteiger partial charge in [0.1, 0.15) is 4.90 Å². The lowest BCUT2D eigenvalue weighted by Crippen LogP contribution is -2.43. The van der Waals surface area contributed by atoms with Crippen LogP contribution in [0, 0.1) is 0 Å². The molecular formula is C14H18N4O3S. The highest BCUT2D eigenvalue weighted by Crippen LogP contribution is 2.26. The summed E-state index contributed by atoms with van der Waals surface area (Å²) in [6.45, 7) is 1.74. The molecule has 2 N–H and O–H groups in total. The quantitative estimate of drug-likeness (QED) is 0.786. The van der Waals surface area contributed by atoms with E-state index >= 15 is 0 Å². The largest absolute Gasteiger partial charge is 0.351 e. The molecule has 2 aliphatic heterocycles. The van der Waals surface area contributed by atoms with Crippen LogP contribution in [0.3, 0.4) is 0 Å². The number of fused-ring (bicyclic) bond motifs is 1. The third-order valence-corrected chi connectivity index (χ3v) is 5.11. The first-order chi connectivity index (χ1) is 10.5. The molecule has 1 atom stereocenters. The molecule has 0 aliphatic carbocycles. The van der Waals surface area contributed by atoms with E-state index in [0.29, 0.717) is 11.4 Å². The van der Waals surface area contributed by atoms with Gasteiger partial charge in [-0.15, -0.1) is 4.40 Å². The van der Waals surface area contributed by atoms with Gasteiger partial charge in [-0.2, -0.15) is 8.42 Å². The van der Waals surface area contributed by atoms with Gasteiger partial charge in [0, 0.05) is 25.2 Å². The average Bonchev–Trinajstić information content (AvgIpc) is 3.06. The second-order valence-corrected chi connectivity index (χ2v) is 7.07. The molecule has 2 aliphatic rings. The zero-order valence-corrected chi connectivity index (χ0v) is 13.1. The summed E-state index contributed by atoms with van der Waals surface area (Å²) in [6.07, 6.45) is 0.910. The van der Waals surface area contributed by atoms with Crippen molar-refractivity contribution in [2.24, 2.45) is 4.40 Å². The van der Waals surface area contributed by atoms with Crippen LogP contribution in [0.5, 0.6) is 0 Å². The summed E-state index contributed by atoms with van der Waals surface area (Å²) in [5.41, 5.74) is 0.542. The molecule has 1 fully saturated rings. The average molecular weight is 322 g/mol. The van der Waals surface area contributed by atoms with Crippen molar-refractivity contribution in [2.75, 3.05) is 26.7 Å². The van der Waals surface area contributed by atoms with Gasteiger partial charge >= 0.3 is 0 Å². The molecule has 118 valence electrons. The van der Waals surface area contributed by atoms with Crippen molar-refractivity contribution in [2.45, 2.75) is 17.4 Å². The first-order valence-electron chi connectivity index (χ1n) is 7.13. The summed E-state index contributed by atoms with van der Waals surface area (Å²) in [7, 11) is -1.98. The molecule has 2 heterocycles. The topological polar surface area (TPSA) is 90.9 Å². The van der Waals surface area contributed by atoms with Crippen LogP contribution in [0.2, 0.25) is 0 Å². The molecule has 0 saturated carbocycles. The number of hydrogen-bond donors (Lipinski definition) is 2. The summed E-state index contributed by atoms with van der Waals surface area (Å²) in [4.78, 5) is 13.8. The summed E-state index contributed by atoms with van der Waals surface area (Å²) < 4.78 is 27.8. The van der Waals surface area contributed by atoms with Crippen molar-refractivity contribution >= 4 is 21.8 Å². The molecule has 8 heteroatoms. The molecule has 1 aromatic rings. The van der Waals surface area contributed by atoms with E-state index in [4.69, 9.17) is 0 Å². The van der Waals surface area contributed by atoms with Gasteiger partial charge in [0.15, 0.2) is 5.84 Å². The van der Waals surface area contributed by atoms with E-state index in [-0.39, 0.29) is 23.4 Å². The SMILES string of the molecule is CN(CC(=O)NC1CCNC1)C1=NS(=O)(=O)c2ccccc21. The first kappa shape index (κ1) is 15.0. The van der Waals surface area contributed by atoms with E-state index < -0.39 is 10.0 Å². The number of nitrogens with one attached hydrogen (secondary N) is 2. The summed E-state index contributed by atoms with van der Waals surface area (Å²) in [5.74, 6) is 0.177. The van der Waals surface area contributed by atoms with Crippen LogP contribution in [0.25, 0.3) is 0 Å². The van der Waals surface area contributed by atoms with Crippen LogP contribution in [0.4, 0.5) is 0 Å². The Hall–Kier alpha value is -1.93. The molecule has 7 nitrogen and oxygen atoms in total. The molecule has 3 rings (SSSR count). The molecular weight excluding hydrogens is 304 g/mol. The molecule has 0 bridgehead atoms. The smallest absolute Gasteiger partial charge is 0.285 e. The van der Waals surface area contributed by atoms with E-state index in [9.17, 15) is 13.2 Å². The molecule has 1 unspecified atom stereocenters. The third kappa shape index (κ3) is 2.84. The molecule has 1 amide bonds. The predicted octanol–water partition coefficient (Wildman–Crippen LogP) is -0.455. The number of hydrogen-bond acceptors (Lipinski definition) is 5. The van der Waals surface area contributed by atoms with Gasteiger partial charge in [0.2, 0.25) is 5.91 Å². The van der Waals surface area contributed by atoms with Crippen LogP contribution in [-0.2, 0) is 14.8 Å². The highest BCUT2D eigenvalue weighted by Gasteiger charge is 2.31. The lowest BCUT2D eigenvalue weighted by atomic mass is 10.2. The van der Waals surface area contributed by atoms with Gasteiger partial charge in [-0.1, -0.05) is 12.1 Å². The van der Waals surface area contributed by atoms with Crippen LogP contribution in [0.15, 0.2) is 33.6 Å². The Labute approximate surface area is 129 Å². The molecule has 0 aromatic heterocycles. The standard InChI is InChI=1S/C14H18N4O3S/c1-18(9-13(19)16-10-6-7-15-8-10)14-11-4-2-3-5-12(11)22(20,21)17-14/h2-5,10,15H,6-9H2,1H3,(H,16,19). The molecule has 1 saturated heterocycles. The second kappa shape index (κ2) is 5.69. The fourth-order valence-electron chi connectivity index (χ4n) is 2.71. The summed E-state index contributed by atoms with van der Waals surface area (Å²) in [5, 5.41) is 6.11. The van der Waals surface area contributed by atoms with Crippen molar-refractivity contribution in [1.29, 1.82) is 0 Å². The maximum absolute atomic E-state index is 12.1. The maximum Gasteiger partial charge on any atom is 0.285 e. The summed E-state index contributed by atoms with van der Waals surface area (Å²) in [6, 6.07) is 6.79. The van der Waals surface area contributed by atoms with Crippen LogP contribution < -0.4 is 10.6 Å². The zero-order valence-electron chi connectivity index (χ0n) is 12.2. The van der Waals surface area contributed by atoms with Gasteiger partial charge in [-0.25, -0.2) is 0 Å². The molecule has 0 spiro atoms. The Morgan fingerprint density at radius 3 is 2.95 bits per heavy atom. The van der Waals surface area contributed by atoms with Crippen LogP contribution in [0.1, 0.15) is 12.0 Å². The normalized spacial score (nSPS) is 22.0. The lowest BCUT2D eigenvalue weighted by molar-refractivity contribution is -0.121. The number of rotatable bonds is 3. The Morgan fingerprint density at radius 2 is 2.23 bits per heavy atom. The maximum atomic E-state index is 12.1. The second-order valence-electron chi connectivity index (χ2n) is 5.50. The highest BCUT2D eigenvalue weighted by molar-refractivity contribution is 7.90. The monoisotopic (exact) mass is 322 g/mol. The van der Waals surface area contributed by atoms with Crippen molar-refractivity contribution in [1.82, 2.24) is 15.5 Å². The van der Waals surface area contributed by atoms with E-state index in [1.54, 1.807) is 30.1 Å². The number of sulfonamides is 1. The molecule has 1 aromatic carbocycles. The minimum Gasteiger partial charge on any atom is -0.351 e. The highest BCUT2D eigenvalue weighted by atomic mass is 32.2. The Kier molecular flexibility index (Phi) is 3.88. The van der Waals surface area contributed by atoms with E-state index in [1.807, 2.05) is 0 Å². The van der Waals surface area contributed by atoms with Crippen molar-refractivity contribution < 1.29 is 13.2 Å². The minimum absolute atomic E-state index is 0.0686. The number of carbonyl (C=O) groups is 1. The Morgan fingerprint density at radius 1 is 1.45 bits per heavy atom. The van der Waals surface area contributed by atoms with E-state index in [0.717, 1.165) is 19.5 Å². The molecule has 22 heavy (non-hydrogen) atoms. The Balaban J connectivity index is 1.73. The van der Waals surface area contributed by atoms with Crippen LogP contribution >= 0.6 is 0 Å². The van der Waals surface area contributed by atoms with Gasteiger partial charge in [0.25, 0.3) is 10.0 Å². The van der Waals surface area contributed by atoms with Gasteiger partial charge in [-0.05, 0) is 25.1 Å². The Bertz CT molecular complexity index is 723. The van der Waals surface area contributed by atoms with Gasteiger partial charge in [-0.3, -0.25) is 4.79 Å². The van der Waals surface area contributed by atoms with Crippen molar-refractivity contribution in [3.05, 3.63) is 29.8 Å². The number of nitrogens with zero attached hydrogens (tertiary/aromatic N) is 2. The first-order valence-corrected chi connectivity index (χ1v) is 8.57. The lowest BCUT2D eigenvalue weighted by Gasteiger charge is -2.20. The third-order valence-electron chi connectivity index (χ3n) is 3.78. The van der Waals surface area contributed by atoms with Crippen LogP contribution in [-0.4, -0.2) is 57.8 Å². The molecule has 0 radical (unpaired) electrons. The number of benzene rings is 1. The van der Waals surface area contributed by atoms with Gasteiger partial charge < -0.3 is 15.5 Å². The number of amidine groups is 1. The fourth-order valence-corrected chi connectivity index (χ4v) is 3.96. The number of amides is 1. The predicted molar refractivity (Wildman–Crippen MR) is 82.2 cm³/mol. The number of likely N-dealkylation sites (N-methyl/N-ethyl adjacent to an activating group) is 1. The summed E-state index contributed by atoms with van der Waals surface area (Å²) >= 11 is 0. The van der Waals surface area contributed by atoms with E-state index in [1.165, 1.54) is 6.07 Å². The minimum atomic E-state index is -3.65. The van der Waals surface area contributed by atoms with E-state index in [2.05, 4.69) is 15.0 Å².